The smallest absolute Gasteiger partial charge is 0.337 e. The first-order valence-electron chi connectivity index (χ1n) is 6.00. The maximum Gasteiger partial charge on any atom is 0.337 e. The van der Waals surface area contributed by atoms with E-state index in [1.54, 1.807) is 24.5 Å². The summed E-state index contributed by atoms with van der Waals surface area (Å²) in [4.78, 5) is 19.9. The van der Waals surface area contributed by atoms with Crippen LogP contribution in [0.2, 0.25) is 0 Å². The molecular formula is C14H15N3O2S. The second-order valence-electron chi connectivity index (χ2n) is 3.99. The molecule has 0 bridgehead atoms. The lowest BCUT2D eigenvalue weighted by Gasteiger charge is -2.07. The van der Waals surface area contributed by atoms with Gasteiger partial charge in [0.25, 0.3) is 0 Å². The summed E-state index contributed by atoms with van der Waals surface area (Å²) in [5.41, 5.74) is 1.51. The Morgan fingerprint density at radius 3 is 3.00 bits per heavy atom. The summed E-state index contributed by atoms with van der Waals surface area (Å²) in [6.07, 6.45) is 5.34. The normalized spacial score (nSPS) is 10.1. The van der Waals surface area contributed by atoms with Crippen molar-refractivity contribution in [2.24, 2.45) is 0 Å². The van der Waals surface area contributed by atoms with Crippen molar-refractivity contribution in [3.8, 4) is 0 Å². The molecule has 0 aliphatic carbocycles. The highest BCUT2D eigenvalue weighted by molar-refractivity contribution is 7.98. The first-order chi connectivity index (χ1) is 9.72. The third-order valence-electron chi connectivity index (χ3n) is 2.64. The van der Waals surface area contributed by atoms with Gasteiger partial charge in [-0.1, -0.05) is 12.1 Å². The van der Waals surface area contributed by atoms with Crippen LogP contribution in [0, 0.1) is 0 Å². The molecule has 0 radical (unpaired) electrons. The summed E-state index contributed by atoms with van der Waals surface area (Å²) >= 11 is 1.54. The van der Waals surface area contributed by atoms with E-state index in [0.29, 0.717) is 17.9 Å². The lowest BCUT2D eigenvalue weighted by molar-refractivity contribution is 0.0600. The molecule has 0 saturated carbocycles. The van der Waals surface area contributed by atoms with Gasteiger partial charge >= 0.3 is 5.97 Å². The van der Waals surface area contributed by atoms with E-state index in [4.69, 9.17) is 4.74 Å². The number of aromatic nitrogens is 2. The average Bonchev–Trinajstić information content (AvgIpc) is 2.52. The third kappa shape index (κ3) is 3.71. The maximum absolute atomic E-state index is 11.5. The number of nitrogens with zero attached hydrogens (tertiary/aromatic N) is 2. The van der Waals surface area contributed by atoms with Gasteiger partial charge in [-0.15, -0.1) is 11.8 Å². The van der Waals surface area contributed by atoms with Crippen LogP contribution in [0.25, 0.3) is 0 Å². The highest BCUT2D eigenvalue weighted by atomic mass is 32.2. The summed E-state index contributed by atoms with van der Waals surface area (Å²) in [7, 11) is 1.37. The fourth-order valence-corrected chi connectivity index (χ4v) is 2.01. The molecule has 1 heterocycles. The summed E-state index contributed by atoms with van der Waals surface area (Å²) in [5, 5.41) is 4.04. The summed E-state index contributed by atoms with van der Waals surface area (Å²) in [6.45, 7) is 0.567. The second kappa shape index (κ2) is 6.91. The van der Waals surface area contributed by atoms with E-state index in [2.05, 4.69) is 15.3 Å². The number of rotatable bonds is 5. The zero-order valence-electron chi connectivity index (χ0n) is 11.3. The molecule has 0 amide bonds. The van der Waals surface area contributed by atoms with Crippen LogP contribution in [0.3, 0.4) is 0 Å². The molecule has 5 nitrogen and oxygen atoms in total. The molecule has 1 aromatic heterocycles. The first-order valence-corrected chi connectivity index (χ1v) is 7.22. The van der Waals surface area contributed by atoms with E-state index >= 15 is 0 Å². The van der Waals surface area contributed by atoms with E-state index < -0.39 is 0 Å². The Balaban J connectivity index is 2.05. The van der Waals surface area contributed by atoms with Crippen molar-refractivity contribution < 1.29 is 9.53 Å². The minimum Gasteiger partial charge on any atom is -0.465 e. The number of carbonyl (C=O) groups excluding carboxylic acids is 1. The molecule has 2 aromatic rings. The van der Waals surface area contributed by atoms with Gasteiger partial charge in [-0.3, -0.25) is 4.98 Å². The molecule has 0 aliphatic heterocycles. The van der Waals surface area contributed by atoms with E-state index in [1.165, 1.54) is 18.9 Å². The molecule has 0 unspecified atom stereocenters. The van der Waals surface area contributed by atoms with Crippen molar-refractivity contribution in [1.29, 1.82) is 0 Å². The number of hydrogen-bond acceptors (Lipinski definition) is 6. The highest BCUT2D eigenvalue weighted by Gasteiger charge is 2.05. The summed E-state index contributed by atoms with van der Waals surface area (Å²) in [5.74, 6) is 0.372. The van der Waals surface area contributed by atoms with Gasteiger partial charge in [0.05, 0.1) is 25.1 Å². The molecular weight excluding hydrogens is 274 g/mol. The van der Waals surface area contributed by atoms with Gasteiger partial charge in [0, 0.05) is 6.54 Å². The molecule has 0 atom stereocenters. The van der Waals surface area contributed by atoms with Crippen LogP contribution in [-0.2, 0) is 11.3 Å². The van der Waals surface area contributed by atoms with Crippen molar-refractivity contribution >= 4 is 23.5 Å². The number of esters is 1. The van der Waals surface area contributed by atoms with Crippen molar-refractivity contribution in [3.63, 3.8) is 0 Å². The Kier molecular flexibility index (Phi) is 4.95. The van der Waals surface area contributed by atoms with Gasteiger partial charge in [-0.2, -0.15) is 0 Å². The summed E-state index contributed by atoms with van der Waals surface area (Å²) < 4.78 is 4.70. The molecule has 2 rings (SSSR count). The van der Waals surface area contributed by atoms with Crippen LogP contribution >= 0.6 is 11.8 Å². The van der Waals surface area contributed by atoms with Gasteiger partial charge in [-0.25, -0.2) is 9.78 Å². The van der Waals surface area contributed by atoms with Crippen LogP contribution in [-0.4, -0.2) is 29.3 Å². The van der Waals surface area contributed by atoms with Crippen LogP contribution in [0.1, 0.15) is 15.9 Å². The third-order valence-corrected chi connectivity index (χ3v) is 3.26. The van der Waals surface area contributed by atoms with Gasteiger partial charge in [0.15, 0.2) is 0 Å². The Morgan fingerprint density at radius 2 is 2.25 bits per heavy atom. The van der Waals surface area contributed by atoms with Gasteiger partial charge in [0.1, 0.15) is 10.8 Å². The highest BCUT2D eigenvalue weighted by Crippen LogP contribution is 2.13. The zero-order chi connectivity index (χ0) is 14.4. The van der Waals surface area contributed by atoms with E-state index in [0.717, 1.165) is 10.6 Å². The Hall–Kier alpha value is -2.08. The summed E-state index contributed by atoms with van der Waals surface area (Å²) in [6, 6.07) is 7.28. The van der Waals surface area contributed by atoms with Crippen LogP contribution < -0.4 is 5.32 Å². The number of methoxy groups -OCH3 is 1. The van der Waals surface area contributed by atoms with Crippen LogP contribution in [0.15, 0.2) is 41.7 Å². The molecule has 6 heteroatoms. The topological polar surface area (TPSA) is 64.1 Å². The lowest BCUT2D eigenvalue weighted by Crippen LogP contribution is -2.05. The SMILES string of the molecule is COC(=O)c1cccc(CNc2cncc(SC)n2)c1. The molecule has 1 N–H and O–H groups in total. The number of thioether (sulfide) groups is 1. The number of benzene rings is 1. The van der Waals surface area contributed by atoms with Crippen molar-refractivity contribution in [1.82, 2.24) is 9.97 Å². The predicted octanol–water partition coefficient (Wildman–Crippen LogP) is 2.60. The zero-order valence-corrected chi connectivity index (χ0v) is 12.1. The Bertz CT molecular complexity index is 604. The van der Waals surface area contributed by atoms with E-state index in [1.807, 2.05) is 18.4 Å². The first kappa shape index (κ1) is 14.3. The van der Waals surface area contributed by atoms with Crippen LogP contribution in [0.5, 0.6) is 0 Å². The number of hydrogen-bond donors (Lipinski definition) is 1. The fourth-order valence-electron chi connectivity index (χ4n) is 1.65. The van der Waals surface area contributed by atoms with E-state index in [-0.39, 0.29) is 5.97 Å². The molecule has 104 valence electrons. The second-order valence-corrected chi connectivity index (χ2v) is 4.82. The molecule has 0 saturated heterocycles. The Morgan fingerprint density at radius 1 is 1.40 bits per heavy atom. The quantitative estimate of drug-likeness (QED) is 0.674. The molecule has 0 spiro atoms. The van der Waals surface area contributed by atoms with Gasteiger partial charge < -0.3 is 10.1 Å². The minimum atomic E-state index is -0.337. The predicted molar refractivity (Wildman–Crippen MR) is 78.9 cm³/mol. The standard InChI is InChI=1S/C14H15N3O2S/c1-19-14(18)11-5-3-4-10(6-11)7-16-12-8-15-9-13(17-12)20-2/h3-6,8-9H,7H2,1-2H3,(H,16,17). The number of nitrogens with one attached hydrogen (secondary N) is 1. The molecule has 1 aromatic carbocycles. The van der Waals surface area contributed by atoms with Gasteiger partial charge in [-0.05, 0) is 24.0 Å². The molecule has 0 aliphatic rings. The maximum atomic E-state index is 11.5. The lowest BCUT2D eigenvalue weighted by atomic mass is 10.1. The van der Waals surface area contributed by atoms with Crippen molar-refractivity contribution in [3.05, 3.63) is 47.8 Å². The number of anilines is 1. The fraction of sp³-hybridized carbons (Fsp3) is 0.214. The molecule has 20 heavy (non-hydrogen) atoms. The number of ether oxygens (including phenoxy) is 1. The molecule has 0 fully saturated rings. The van der Waals surface area contributed by atoms with Crippen LogP contribution in [0.4, 0.5) is 5.82 Å². The number of carbonyl (C=O) groups is 1. The Labute approximate surface area is 121 Å². The van der Waals surface area contributed by atoms with Crippen molar-refractivity contribution in [2.45, 2.75) is 11.6 Å². The average molecular weight is 289 g/mol. The van der Waals surface area contributed by atoms with E-state index in [9.17, 15) is 4.79 Å². The monoisotopic (exact) mass is 289 g/mol. The van der Waals surface area contributed by atoms with Crippen molar-refractivity contribution in [2.75, 3.05) is 18.7 Å². The minimum absolute atomic E-state index is 0.337. The van der Waals surface area contributed by atoms with Gasteiger partial charge in [0.2, 0.25) is 0 Å². The largest absolute Gasteiger partial charge is 0.465 e.